The van der Waals surface area contributed by atoms with Crippen molar-refractivity contribution >= 4 is 11.6 Å². The molecule has 0 fully saturated rings. The third-order valence-electron chi connectivity index (χ3n) is 1.98. The second kappa shape index (κ2) is 4.38. The first-order valence-corrected chi connectivity index (χ1v) is 4.53. The van der Waals surface area contributed by atoms with Gasteiger partial charge in [0, 0.05) is 0 Å². The molecule has 0 aliphatic heterocycles. The second-order valence-corrected chi connectivity index (χ2v) is 3.49. The summed E-state index contributed by atoms with van der Waals surface area (Å²) in [5.74, 6) is 0. The highest BCUT2D eigenvalue weighted by molar-refractivity contribution is 6.32. The van der Waals surface area contributed by atoms with E-state index in [1.165, 1.54) is 0 Å². The number of alkyl halides is 6. The van der Waals surface area contributed by atoms with Crippen molar-refractivity contribution in [3.8, 4) is 0 Å². The maximum atomic E-state index is 12.5. The summed E-state index contributed by atoms with van der Waals surface area (Å²) in [5.41, 5.74) is -4.25. The zero-order valence-corrected chi connectivity index (χ0v) is 8.71. The molecular weight excluding hydrogens is 274 g/mol. The Morgan fingerprint density at radius 1 is 1.00 bits per heavy atom. The van der Waals surface area contributed by atoms with Crippen LogP contribution in [0, 0.1) is 0 Å². The summed E-state index contributed by atoms with van der Waals surface area (Å²) < 4.78 is 74.6. The highest BCUT2D eigenvalue weighted by Crippen LogP contribution is 2.44. The van der Waals surface area contributed by atoms with Crippen LogP contribution in [0.4, 0.5) is 26.3 Å². The molecule has 0 aromatic heterocycles. The SMILES string of the molecule is OCc1ccc(C(F)(F)F)c(C(F)(F)F)c1Cl. The lowest BCUT2D eigenvalue weighted by molar-refractivity contribution is -0.162. The van der Waals surface area contributed by atoms with Crippen LogP contribution in [0.15, 0.2) is 12.1 Å². The molecule has 0 heterocycles. The highest BCUT2D eigenvalue weighted by atomic mass is 35.5. The van der Waals surface area contributed by atoms with E-state index < -0.39 is 40.7 Å². The van der Waals surface area contributed by atoms with Gasteiger partial charge in [0.25, 0.3) is 0 Å². The van der Waals surface area contributed by atoms with Crippen molar-refractivity contribution in [2.45, 2.75) is 19.0 Å². The van der Waals surface area contributed by atoms with Gasteiger partial charge in [-0.2, -0.15) is 26.3 Å². The number of benzene rings is 1. The molecule has 0 saturated heterocycles. The van der Waals surface area contributed by atoms with Gasteiger partial charge in [0.05, 0.1) is 22.8 Å². The zero-order chi connectivity index (χ0) is 13.4. The molecule has 0 bridgehead atoms. The van der Waals surface area contributed by atoms with Crippen LogP contribution in [0.2, 0.25) is 5.02 Å². The average molecular weight is 279 g/mol. The third-order valence-corrected chi connectivity index (χ3v) is 2.41. The Labute approximate surface area is 96.6 Å². The van der Waals surface area contributed by atoms with Crippen molar-refractivity contribution in [3.63, 3.8) is 0 Å². The summed E-state index contributed by atoms with van der Waals surface area (Å²) in [7, 11) is 0. The van der Waals surface area contributed by atoms with E-state index in [4.69, 9.17) is 16.7 Å². The Morgan fingerprint density at radius 3 is 1.88 bits per heavy atom. The van der Waals surface area contributed by atoms with E-state index in [0.29, 0.717) is 6.07 Å². The van der Waals surface area contributed by atoms with Crippen molar-refractivity contribution in [1.29, 1.82) is 0 Å². The minimum Gasteiger partial charge on any atom is -0.392 e. The van der Waals surface area contributed by atoms with Crippen molar-refractivity contribution in [2.24, 2.45) is 0 Å². The Balaban J connectivity index is 3.59. The molecule has 0 radical (unpaired) electrons. The van der Waals surface area contributed by atoms with Crippen LogP contribution < -0.4 is 0 Å². The average Bonchev–Trinajstić information content (AvgIpc) is 2.13. The largest absolute Gasteiger partial charge is 0.418 e. The van der Waals surface area contributed by atoms with E-state index in [1.807, 2.05) is 0 Å². The van der Waals surface area contributed by atoms with Crippen molar-refractivity contribution < 1.29 is 31.4 Å². The van der Waals surface area contributed by atoms with E-state index in [-0.39, 0.29) is 6.07 Å². The van der Waals surface area contributed by atoms with Gasteiger partial charge in [-0.1, -0.05) is 17.7 Å². The first-order valence-electron chi connectivity index (χ1n) is 4.15. The summed E-state index contributed by atoms with van der Waals surface area (Å²) in [6.07, 6.45) is -10.4. The number of rotatable bonds is 1. The van der Waals surface area contributed by atoms with Crippen LogP contribution in [0.1, 0.15) is 16.7 Å². The topological polar surface area (TPSA) is 20.2 Å². The Bertz CT molecular complexity index is 423. The predicted molar refractivity (Wildman–Crippen MR) is 47.4 cm³/mol. The first-order chi connectivity index (χ1) is 7.59. The molecule has 96 valence electrons. The lowest BCUT2D eigenvalue weighted by atomic mass is 10.0. The molecule has 1 nitrogen and oxygen atoms in total. The summed E-state index contributed by atoms with van der Waals surface area (Å²) in [6.45, 7) is -0.875. The summed E-state index contributed by atoms with van der Waals surface area (Å²) in [4.78, 5) is 0. The quantitative estimate of drug-likeness (QED) is 0.773. The Hall–Kier alpha value is -0.950. The van der Waals surface area contributed by atoms with Gasteiger partial charge in [0.1, 0.15) is 0 Å². The van der Waals surface area contributed by atoms with Gasteiger partial charge in [0.15, 0.2) is 0 Å². The number of aliphatic hydroxyl groups excluding tert-OH is 1. The van der Waals surface area contributed by atoms with E-state index in [9.17, 15) is 26.3 Å². The Kier molecular flexibility index (Phi) is 3.63. The standard InChI is InChI=1S/C9H5ClF6O/c10-7-4(3-17)1-2-5(8(11,12)13)6(7)9(14,15)16/h1-2,17H,3H2. The van der Waals surface area contributed by atoms with Gasteiger partial charge in [0.2, 0.25) is 0 Å². The molecule has 0 saturated carbocycles. The minimum absolute atomic E-state index is 0.250. The first kappa shape index (κ1) is 14.1. The lowest BCUT2D eigenvalue weighted by Gasteiger charge is -2.18. The zero-order valence-electron chi connectivity index (χ0n) is 7.95. The number of halogens is 7. The van der Waals surface area contributed by atoms with Gasteiger partial charge in [-0.05, 0) is 11.6 Å². The van der Waals surface area contributed by atoms with Crippen molar-refractivity contribution in [2.75, 3.05) is 0 Å². The van der Waals surface area contributed by atoms with Crippen molar-refractivity contribution in [1.82, 2.24) is 0 Å². The molecular formula is C9H5ClF6O. The molecule has 1 N–H and O–H groups in total. The monoisotopic (exact) mass is 278 g/mol. The van der Waals surface area contributed by atoms with E-state index in [0.717, 1.165) is 0 Å². The predicted octanol–water partition coefficient (Wildman–Crippen LogP) is 3.87. The molecule has 0 unspecified atom stereocenters. The second-order valence-electron chi connectivity index (χ2n) is 3.11. The molecule has 1 rings (SSSR count). The molecule has 0 amide bonds. The van der Waals surface area contributed by atoms with Crippen LogP contribution in [-0.2, 0) is 19.0 Å². The normalized spacial score (nSPS) is 12.9. The smallest absolute Gasteiger partial charge is 0.392 e. The number of aliphatic hydroxyl groups is 1. The van der Waals surface area contributed by atoms with Crippen LogP contribution in [-0.4, -0.2) is 5.11 Å². The fourth-order valence-corrected chi connectivity index (χ4v) is 1.59. The summed E-state index contributed by atoms with van der Waals surface area (Å²) in [5, 5.41) is 7.54. The van der Waals surface area contributed by atoms with Crippen LogP contribution in [0.25, 0.3) is 0 Å². The van der Waals surface area contributed by atoms with Crippen LogP contribution in [0.5, 0.6) is 0 Å². The third kappa shape index (κ3) is 2.84. The van der Waals surface area contributed by atoms with Gasteiger partial charge in [-0.3, -0.25) is 0 Å². The molecule has 1 aromatic carbocycles. The molecule has 0 aliphatic carbocycles. The molecule has 0 aliphatic rings. The lowest BCUT2D eigenvalue weighted by Crippen LogP contribution is -2.18. The fourth-order valence-electron chi connectivity index (χ4n) is 1.25. The van der Waals surface area contributed by atoms with E-state index in [1.54, 1.807) is 0 Å². The maximum absolute atomic E-state index is 12.5. The summed E-state index contributed by atoms with van der Waals surface area (Å²) >= 11 is 5.22. The fraction of sp³-hybridized carbons (Fsp3) is 0.333. The maximum Gasteiger partial charge on any atom is 0.418 e. The summed E-state index contributed by atoms with van der Waals surface area (Å²) in [6, 6.07) is 0.959. The van der Waals surface area contributed by atoms with E-state index in [2.05, 4.69) is 0 Å². The van der Waals surface area contributed by atoms with E-state index >= 15 is 0 Å². The van der Waals surface area contributed by atoms with Gasteiger partial charge in [-0.25, -0.2) is 0 Å². The van der Waals surface area contributed by atoms with Gasteiger partial charge < -0.3 is 5.11 Å². The van der Waals surface area contributed by atoms with Crippen LogP contribution in [0.3, 0.4) is 0 Å². The number of hydrogen-bond donors (Lipinski definition) is 1. The Morgan fingerprint density at radius 2 is 1.53 bits per heavy atom. The molecule has 1 aromatic rings. The van der Waals surface area contributed by atoms with Gasteiger partial charge >= 0.3 is 12.4 Å². The molecule has 17 heavy (non-hydrogen) atoms. The minimum atomic E-state index is -5.24. The highest BCUT2D eigenvalue weighted by Gasteiger charge is 2.45. The molecule has 8 heteroatoms. The van der Waals surface area contributed by atoms with Crippen molar-refractivity contribution in [3.05, 3.63) is 33.8 Å². The molecule has 0 spiro atoms. The number of hydrogen-bond acceptors (Lipinski definition) is 1. The molecule has 0 atom stereocenters. The van der Waals surface area contributed by atoms with Crippen LogP contribution >= 0.6 is 11.6 Å². The van der Waals surface area contributed by atoms with Gasteiger partial charge in [-0.15, -0.1) is 0 Å².